The lowest BCUT2D eigenvalue weighted by atomic mass is 10.2. The number of amides is 1. The van der Waals surface area contributed by atoms with Gasteiger partial charge in [0, 0.05) is 37.4 Å². The Labute approximate surface area is 205 Å². The number of nitrogens with zero attached hydrogens (tertiary/aromatic N) is 2. The molecular weight excluding hydrogens is 494 g/mol. The van der Waals surface area contributed by atoms with Crippen LogP contribution in [0.25, 0.3) is 0 Å². The number of hydrogen-bond acceptors (Lipinski definition) is 7. The highest BCUT2D eigenvalue weighted by atomic mass is 32.2. The van der Waals surface area contributed by atoms with Crippen molar-refractivity contribution in [3.8, 4) is 0 Å². The second-order valence-electron chi connectivity index (χ2n) is 8.60. The quantitative estimate of drug-likeness (QED) is 0.612. The van der Waals surface area contributed by atoms with Gasteiger partial charge in [-0.3, -0.25) is 4.79 Å². The molecule has 2 fully saturated rings. The van der Waals surface area contributed by atoms with Crippen LogP contribution in [-0.2, 0) is 29.5 Å². The summed E-state index contributed by atoms with van der Waals surface area (Å²) in [6.07, 6.45) is -0.454. The number of ether oxygens (including phenoxy) is 2. The third-order valence-corrected chi connectivity index (χ3v) is 9.58. The van der Waals surface area contributed by atoms with Crippen LogP contribution in [0.4, 0.5) is 5.69 Å². The van der Waals surface area contributed by atoms with E-state index in [0.29, 0.717) is 32.0 Å². The molecule has 10 nitrogen and oxygen atoms in total. The maximum atomic E-state index is 13.1. The fraction of sp³-hybridized carbons (Fsp3) is 0.435. The van der Waals surface area contributed by atoms with E-state index < -0.39 is 26.0 Å². The zero-order valence-electron chi connectivity index (χ0n) is 19.6. The lowest BCUT2D eigenvalue weighted by Crippen LogP contribution is -2.48. The van der Waals surface area contributed by atoms with Crippen molar-refractivity contribution in [2.75, 3.05) is 44.7 Å². The molecule has 0 aromatic heterocycles. The molecule has 2 aliphatic rings. The Morgan fingerprint density at radius 2 is 1.46 bits per heavy atom. The topological polar surface area (TPSA) is 122 Å². The van der Waals surface area contributed by atoms with Crippen molar-refractivity contribution in [3.63, 3.8) is 0 Å². The molecule has 2 atom stereocenters. The molecule has 2 aliphatic heterocycles. The predicted molar refractivity (Wildman–Crippen MR) is 129 cm³/mol. The van der Waals surface area contributed by atoms with E-state index in [1.807, 2.05) is 13.8 Å². The number of carbonyl (C=O) groups excluding carboxylic acids is 1. The molecule has 0 radical (unpaired) electrons. The van der Waals surface area contributed by atoms with Crippen LogP contribution in [0.2, 0.25) is 0 Å². The standard InChI is InChI=1S/C23H29N3O7S2/c1-17-15-26(16-18(2)33-17)35(30,31)22-5-3-4-19(14-22)23(27)24-20-6-8-21(9-7-20)34(28,29)25-10-12-32-13-11-25/h3-9,14,17-18H,10-13,15-16H2,1-2H3,(H,24,27)/t17-,18+. The van der Waals surface area contributed by atoms with Gasteiger partial charge in [-0.25, -0.2) is 16.8 Å². The number of sulfonamides is 2. The van der Waals surface area contributed by atoms with Gasteiger partial charge in [-0.1, -0.05) is 6.07 Å². The van der Waals surface area contributed by atoms with Gasteiger partial charge in [0.2, 0.25) is 20.0 Å². The normalized spacial score (nSPS) is 22.6. The van der Waals surface area contributed by atoms with Crippen molar-refractivity contribution < 1.29 is 31.1 Å². The van der Waals surface area contributed by atoms with Crippen molar-refractivity contribution in [1.82, 2.24) is 8.61 Å². The molecule has 0 spiro atoms. The summed E-state index contributed by atoms with van der Waals surface area (Å²) in [5, 5.41) is 2.69. The summed E-state index contributed by atoms with van der Waals surface area (Å²) in [6, 6.07) is 11.7. The lowest BCUT2D eigenvalue weighted by molar-refractivity contribution is -0.0440. The van der Waals surface area contributed by atoms with E-state index in [0.717, 1.165) is 0 Å². The number of carbonyl (C=O) groups is 1. The number of anilines is 1. The number of rotatable bonds is 6. The molecule has 190 valence electrons. The van der Waals surface area contributed by atoms with Gasteiger partial charge in [-0.15, -0.1) is 0 Å². The first-order valence-corrected chi connectivity index (χ1v) is 14.2. The Balaban J connectivity index is 1.47. The summed E-state index contributed by atoms with van der Waals surface area (Å²) in [5.41, 5.74) is 0.561. The van der Waals surface area contributed by atoms with Crippen LogP contribution in [0.15, 0.2) is 58.3 Å². The SMILES string of the molecule is C[C@@H]1CN(S(=O)(=O)c2cccc(C(=O)Nc3ccc(S(=O)(=O)N4CCOCC4)cc3)c2)C[C@H](C)O1. The van der Waals surface area contributed by atoms with Gasteiger partial charge in [0.1, 0.15) is 0 Å². The zero-order chi connectivity index (χ0) is 25.2. The van der Waals surface area contributed by atoms with Crippen molar-refractivity contribution in [1.29, 1.82) is 0 Å². The summed E-state index contributed by atoms with van der Waals surface area (Å²) in [6.45, 7) is 5.41. The van der Waals surface area contributed by atoms with Crippen molar-refractivity contribution in [2.45, 2.75) is 35.8 Å². The minimum Gasteiger partial charge on any atom is -0.379 e. The third kappa shape index (κ3) is 5.74. The maximum absolute atomic E-state index is 13.1. The molecule has 0 unspecified atom stereocenters. The summed E-state index contributed by atoms with van der Waals surface area (Å²) in [7, 11) is -7.44. The lowest BCUT2D eigenvalue weighted by Gasteiger charge is -2.34. The van der Waals surface area contributed by atoms with Crippen molar-refractivity contribution in [2.24, 2.45) is 0 Å². The molecule has 4 rings (SSSR count). The summed E-state index contributed by atoms with van der Waals surface area (Å²) in [4.78, 5) is 13.0. The first-order chi connectivity index (χ1) is 16.6. The van der Waals surface area contributed by atoms with Crippen LogP contribution in [0.3, 0.4) is 0 Å². The largest absolute Gasteiger partial charge is 0.379 e. The molecule has 2 heterocycles. The second kappa shape index (κ2) is 10.3. The monoisotopic (exact) mass is 523 g/mol. The molecular formula is C23H29N3O7S2. The number of benzene rings is 2. The minimum absolute atomic E-state index is 0.0263. The van der Waals surface area contributed by atoms with E-state index in [1.165, 1.54) is 57.1 Å². The average molecular weight is 524 g/mol. The molecule has 0 aliphatic carbocycles. The van der Waals surface area contributed by atoms with Crippen LogP contribution in [0.1, 0.15) is 24.2 Å². The first kappa shape index (κ1) is 25.7. The van der Waals surface area contributed by atoms with E-state index in [2.05, 4.69) is 5.32 Å². The minimum atomic E-state index is -3.80. The van der Waals surface area contributed by atoms with Gasteiger partial charge in [0.15, 0.2) is 0 Å². The molecule has 12 heteroatoms. The van der Waals surface area contributed by atoms with Gasteiger partial charge in [-0.2, -0.15) is 8.61 Å². The van der Waals surface area contributed by atoms with Gasteiger partial charge in [-0.05, 0) is 56.3 Å². The predicted octanol–water partition coefficient (Wildman–Crippen LogP) is 1.76. The van der Waals surface area contributed by atoms with E-state index in [1.54, 1.807) is 0 Å². The number of nitrogens with one attached hydrogen (secondary N) is 1. The molecule has 35 heavy (non-hydrogen) atoms. The Hall–Kier alpha value is -2.35. The van der Waals surface area contributed by atoms with Gasteiger partial charge >= 0.3 is 0 Å². The number of hydrogen-bond donors (Lipinski definition) is 1. The zero-order valence-corrected chi connectivity index (χ0v) is 21.2. The molecule has 2 saturated heterocycles. The van der Waals surface area contributed by atoms with Crippen molar-refractivity contribution in [3.05, 3.63) is 54.1 Å². The average Bonchev–Trinajstić information content (AvgIpc) is 2.84. The highest BCUT2D eigenvalue weighted by Gasteiger charge is 2.32. The highest BCUT2D eigenvalue weighted by Crippen LogP contribution is 2.23. The van der Waals surface area contributed by atoms with Crippen LogP contribution < -0.4 is 5.32 Å². The molecule has 1 N–H and O–H groups in total. The summed E-state index contributed by atoms with van der Waals surface area (Å²) < 4.78 is 65.4. The van der Waals surface area contributed by atoms with E-state index in [4.69, 9.17) is 9.47 Å². The Morgan fingerprint density at radius 3 is 2.09 bits per heavy atom. The van der Waals surface area contributed by atoms with Gasteiger partial charge in [0.25, 0.3) is 5.91 Å². The first-order valence-electron chi connectivity index (χ1n) is 11.3. The third-order valence-electron chi connectivity index (χ3n) is 5.84. The molecule has 1 amide bonds. The maximum Gasteiger partial charge on any atom is 0.255 e. The van der Waals surface area contributed by atoms with Gasteiger partial charge < -0.3 is 14.8 Å². The Bertz CT molecular complexity index is 1260. The van der Waals surface area contributed by atoms with E-state index in [-0.39, 0.29) is 40.7 Å². The molecule has 2 aromatic carbocycles. The Morgan fingerprint density at radius 1 is 0.857 bits per heavy atom. The molecule has 2 aromatic rings. The van der Waals surface area contributed by atoms with E-state index >= 15 is 0 Å². The van der Waals surface area contributed by atoms with Crippen LogP contribution in [0, 0.1) is 0 Å². The molecule has 0 bridgehead atoms. The Kier molecular flexibility index (Phi) is 7.60. The van der Waals surface area contributed by atoms with Crippen molar-refractivity contribution >= 4 is 31.6 Å². The number of morpholine rings is 2. The van der Waals surface area contributed by atoms with Gasteiger partial charge in [0.05, 0.1) is 35.2 Å². The molecule has 0 saturated carbocycles. The second-order valence-corrected chi connectivity index (χ2v) is 12.5. The fourth-order valence-corrected chi connectivity index (χ4v) is 7.17. The van der Waals surface area contributed by atoms with Crippen LogP contribution >= 0.6 is 0 Å². The van der Waals surface area contributed by atoms with E-state index in [9.17, 15) is 21.6 Å². The van der Waals surface area contributed by atoms with Crippen LogP contribution in [-0.4, -0.2) is 83.0 Å². The summed E-state index contributed by atoms with van der Waals surface area (Å²) in [5.74, 6) is -0.505. The fourth-order valence-electron chi connectivity index (χ4n) is 4.12. The van der Waals surface area contributed by atoms with Crippen LogP contribution in [0.5, 0.6) is 0 Å². The summed E-state index contributed by atoms with van der Waals surface area (Å²) >= 11 is 0. The smallest absolute Gasteiger partial charge is 0.255 e. The highest BCUT2D eigenvalue weighted by molar-refractivity contribution is 7.89.